The second-order valence-electron chi connectivity index (χ2n) is 6.59. The van der Waals surface area contributed by atoms with Crippen molar-refractivity contribution in [3.63, 3.8) is 0 Å². The zero-order valence-corrected chi connectivity index (χ0v) is 20.9. The Kier molecular flexibility index (Phi) is 7.43. The second kappa shape index (κ2) is 10.3. The van der Waals surface area contributed by atoms with Gasteiger partial charge < -0.3 is 5.32 Å². The van der Waals surface area contributed by atoms with Crippen LogP contribution in [0.4, 0.5) is 5.69 Å². The fourth-order valence-corrected chi connectivity index (χ4v) is 4.60. The van der Waals surface area contributed by atoms with E-state index in [1.807, 2.05) is 34.9 Å². The Morgan fingerprint density at radius 3 is 2.25 bits per heavy atom. The third kappa shape index (κ3) is 5.47. The monoisotopic (exact) mass is 566 g/mol. The third-order valence-electron chi connectivity index (χ3n) is 4.36. The fourth-order valence-electron chi connectivity index (χ4n) is 2.88. The molecule has 0 fully saturated rings. The largest absolute Gasteiger partial charge is 0.324 e. The number of halogens is 4. The maximum Gasteiger partial charge on any atom is 0.234 e. The minimum atomic E-state index is -0.210. The van der Waals surface area contributed by atoms with Gasteiger partial charge in [0.05, 0.1) is 16.5 Å². The first kappa shape index (κ1) is 23.1. The lowest BCUT2D eigenvalue weighted by atomic mass is 10.2. The molecule has 0 saturated heterocycles. The molecule has 5 nitrogen and oxygen atoms in total. The molecule has 162 valence electrons. The van der Waals surface area contributed by atoms with Gasteiger partial charge in [-0.3, -0.25) is 9.36 Å². The van der Waals surface area contributed by atoms with Crippen LogP contribution in [0.2, 0.25) is 15.1 Å². The molecule has 0 aliphatic carbocycles. The van der Waals surface area contributed by atoms with Gasteiger partial charge in [-0.2, -0.15) is 0 Å². The average molecular weight is 569 g/mol. The van der Waals surface area contributed by atoms with Crippen LogP contribution >= 0.6 is 62.5 Å². The number of nitrogens with zero attached hydrogens (tertiary/aromatic N) is 3. The number of thioether (sulfide) groups is 1. The van der Waals surface area contributed by atoms with Crippen molar-refractivity contribution in [3.8, 4) is 17.1 Å². The molecule has 0 bridgehead atoms. The van der Waals surface area contributed by atoms with E-state index < -0.39 is 0 Å². The van der Waals surface area contributed by atoms with E-state index in [9.17, 15) is 4.79 Å². The van der Waals surface area contributed by atoms with Crippen molar-refractivity contribution < 1.29 is 4.79 Å². The molecule has 1 aromatic heterocycles. The molecule has 32 heavy (non-hydrogen) atoms. The molecule has 3 aromatic carbocycles. The zero-order chi connectivity index (χ0) is 22.7. The minimum Gasteiger partial charge on any atom is -0.324 e. The lowest BCUT2D eigenvalue weighted by Gasteiger charge is -2.11. The molecule has 1 amide bonds. The molecule has 0 saturated carbocycles. The number of carbonyl (C=O) groups excluding carboxylic acids is 1. The van der Waals surface area contributed by atoms with Crippen LogP contribution in [-0.2, 0) is 4.79 Å². The summed E-state index contributed by atoms with van der Waals surface area (Å²) in [4.78, 5) is 12.5. The number of anilines is 1. The molecule has 0 aliphatic heterocycles. The molecule has 0 radical (unpaired) electrons. The van der Waals surface area contributed by atoms with Crippen LogP contribution in [0.25, 0.3) is 17.1 Å². The SMILES string of the molecule is O=C(CSc1nnc(-c2ccc(Cl)cc2)n1-c1ccc(Cl)cc1)Nc1ccc(Br)cc1Cl. The summed E-state index contributed by atoms with van der Waals surface area (Å²) < 4.78 is 2.71. The summed E-state index contributed by atoms with van der Waals surface area (Å²) in [5.74, 6) is 0.541. The highest BCUT2D eigenvalue weighted by Gasteiger charge is 2.18. The van der Waals surface area contributed by atoms with Gasteiger partial charge in [0.25, 0.3) is 0 Å². The van der Waals surface area contributed by atoms with Crippen molar-refractivity contribution in [1.82, 2.24) is 14.8 Å². The summed E-state index contributed by atoms with van der Waals surface area (Å²) in [6.07, 6.45) is 0. The van der Waals surface area contributed by atoms with Crippen LogP contribution in [0.15, 0.2) is 76.4 Å². The summed E-state index contributed by atoms with van der Waals surface area (Å²) >= 11 is 22.9. The summed E-state index contributed by atoms with van der Waals surface area (Å²) in [5, 5.41) is 13.8. The topological polar surface area (TPSA) is 59.8 Å². The number of amides is 1. The molecular formula is C22H14BrCl3N4OS. The number of benzene rings is 3. The zero-order valence-electron chi connectivity index (χ0n) is 16.2. The minimum absolute atomic E-state index is 0.124. The van der Waals surface area contributed by atoms with E-state index in [0.717, 1.165) is 15.7 Å². The van der Waals surface area contributed by atoms with Crippen molar-refractivity contribution in [1.29, 1.82) is 0 Å². The Hall–Kier alpha value is -2.03. The predicted octanol–water partition coefficient (Wildman–Crippen LogP) is 7.39. The summed E-state index contributed by atoms with van der Waals surface area (Å²) in [7, 11) is 0. The fraction of sp³-hybridized carbons (Fsp3) is 0.0455. The summed E-state index contributed by atoms with van der Waals surface area (Å²) in [6.45, 7) is 0. The van der Waals surface area contributed by atoms with Gasteiger partial charge in [-0.15, -0.1) is 10.2 Å². The smallest absolute Gasteiger partial charge is 0.234 e. The van der Waals surface area contributed by atoms with Crippen LogP contribution in [0.1, 0.15) is 0 Å². The second-order valence-corrected chi connectivity index (χ2v) is 9.72. The Bertz CT molecular complexity index is 1260. The van der Waals surface area contributed by atoms with Gasteiger partial charge in [0.1, 0.15) is 0 Å². The highest BCUT2D eigenvalue weighted by atomic mass is 79.9. The van der Waals surface area contributed by atoms with Gasteiger partial charge in [0.15, 0.2) is 11.0 Å². The van der Waals surface area contributed by atoms with Gasteiger partial charge in [0.2, 0.25) is 5.91 Å². The maximum atomic E-state index is 12.5. The van der Waals surface area contributed by atoms with Crippen molar-refractivity contribution in [3.05, 3.63) is 86.3 Å². The van der Waals surface area contributed by atoms with Crippen molar-refractivity contribution in [2.24, 2.45) is 0 Å². The van der Waals surface area contributed by atoms with E-state index in [1.54, 1.807) is 36.4 Å². The van der Waals surface area contributed by atoms with Gasteiger partial charge in [-0.25, -0.2) is 0 Å². The third-order valence-corrected chi connectivity index (χ3v) is 6.60. The molecule has 1 heterocycles. The van der Waals surface area contributed by atoms with Gasteiger partial charge in [0, 0.05) is 25.8 Å². The number of rotatable bonds is 6. The summed E-state index contributed by atoms with van der Waals surface area (Å²) in [6, 6.07) is 19.9. The number of nitrogens with one attached hydrogen (secondary N) is 1. The maximum absolute atomic E-state index is 12.5. The molecule has 1 N–H and O–H groups in total. The first-order valence-corrected chi connectivity index (χ1v) is 12.2. The van der Waals surface area contributed by atoms with Crippen molar-refractivity contribution >= 4 is 74.1 Å². The van der Waals surface area contributed by atoms with Crippen molar-refractivity contribution in [2.75, 3.05) is 11.1 Å². The van der Waals surface area contributed by atoms with E-state index in [1.165, 1.54) is 11.8 Å². The Morgan fingerprint density at radius 2 is 1.59 bits per heavy atom. The van der Waals surface area contributed by atoms with E-state index >= 15 is 0 Å². The molecular weight excluding hydrogens is 555 g/mol. The van der Waals surface area contributed by atoms with Crippen molar-refractivity contribution in [2.45, 2.75) is 5.16 Å². The van der Waals surface area contributed by atoms with Crippen LogP contribution in [0.3, 0.4) is 0 Å². The van der Waals surface area contributed by atoms with E-state index in [4.69, 9.17) is 34.8 Å². The molecule has 0 atom stereocenters. The predicted molar refractivity (Wildman–Crippen MR) is 135 cm³/mol. The lowest BCUT2D eigenvalue weighted by Crippen LogP contribution is -2.15. The van der Waals surface area contributed by atoms with Gasteiger partial charge in [-0.1, -0.05) is 62.5 Å². The normalized spacial score (nSPS) is 10.9. The number of carbonyl (C=O) groups is 1. The standard InChI is InChI=1S/C22H14BrCl3N4OS/c23-14-3-10-19(18(26)11-14)27-20(31)12-32-22-29-28-21(13-1-4-15(24)5-2-13)30(22)17-8-6-16(25)7-9-17/h1-11H,12H2,(H,27,31). The Labute approximate surface area is 212 Å². The Morgan fingerprint density at radius 1 is 0.938 bits per heavy atom. The highest BCUT2D eigenvalue weighted by Crippen LogP contribution is 2.30. The van der Waals surface area contributed by atoms with E-state index in [2.05, 4.69) is 31.4 Å². The molecule has 4 rings (SSSR count). The quantitative estimate of drug-likeness (QED) is 0.247. The number of hydrogen-bond donors (Lipinski definition) is 1. The van der Waals surface area contributed by atoms with Crippen LogP contribution in [0.5, 0.6) is 0 Å². The Balaban J connectivity index is 1.60. The van der Waals surface area contributed by atoms with E-state index in [-0.39, 0.29) is 11.7 Å². The molecule has 10 heteroatoms. The van der Waals surface area contributed by atoms with Gasteiger partial charge >= 0.3 is 0 Å². The van der Waals surface area contributed by atoms with Crippen LogP contribution in [-0.4, -0.2) is 26.4 Å². The van der Waals surface area contributed by atoms with E-state index in [0.29, 0.717) is 31.7 Å². The highest BCUT2D eigenvalue weighted by molar-refractivity contribution is 9.10. The van der Waals surface area contributed by atoms with Crippen LogP contribution < -0.4 is 5.32 Å². The molecule has 4 aromatic rings. The van der Waals surface area contributed by atoms with Gasteiger partial charge in [-0.05, 0) is 66.7 Å². The first-order valence-electron chi connectivity index (χ1n) is 9.26. The molecule has 0 unspecified atom stereocenters. The lowest BCUT2D eigenvalue weighted by molar-refractivity contribution is -0.113. The molecule has 0 spiro atoms. The van der Waals surface area contributed by atoms with Crippen LogP contribution in [0, 0.1) is 0 Å². The molecule has 0 aliphatic rings. The first-order chi connectivity index (χ1) is 15.4. The number of hydrogen-bond acceptors (Lipinski definition) is 4. The number of aromatic nitrogens is 3. The summed E-state index contributed by atoms with van der Waals surface area (Å²) in [5.41, 5.74) is 2.21. The average Bonchev–Trinajstić information content (AvgIpc) is 3.19.